The third-order valence-electron chi connectivity index (χ3n) is 3.60. The van der Waals surface area contributed by atoms with Gasteiger partial charge in [0, 0.05) is 36.8 Å². The molecule has 1 atom stereocenters. The second kappa shape index (κ2) is 8.70. The average Bonchev–Trinajstić information content (AvgIpc) is 2.98. The van der Waals surface area contributed by atoms with E-state index in [-0.39, 0.29) is 30.9 Å². The Kier molecular flexibility index (Phi) is 7.59. The zero-order valence-electron chi connectivity index (χ0n) is 12.2. The van der Waals surface area contributed by atoms with E-state index in [0.29, 0.717) is 16.7 Å². The number of benzene rings is 1. The van der Waals surface area contributed by atoms with Crippen LogP contribution >= 0.6 is 36.4 Å². The first-order valence-electron chi connectivity index (χ1n) is 6.78. The van der Waals surface area contributed by atoms with Crippen LogP contribution in [0.15, 0.2) is 28.8 Å². The summed E-state index contributed by atoms with van der Waals surface area (Å²) in [5, 5.41) is 8.10. The summed E-state index contributed by atoms with van der Waals surface area (Å²) in [7, 11) is 0. The number of hydrogen-bond acceptors (Lipinski definition) is 5. The first-order valence-corrected chi connectivity index (χ1v) is 7.16. The summed E-state index contributed by atoms with van der Waals surface area (Å²) in [6, 6.07) is 7.59. The number of hydrogen-bond donors (Lipinski definition) is 1. The van der Waals surface area contributed by atoms with Crippen LogP contribution in [0.3, 0.4) is 0 Å². The average molecular weight is 366 g/mol. The van der Waals surface area contributed by atoms with E-state index >= 15 is 0 Å². The van der Waals surface area contributed by atoms with E-state index in [1.165, 1.54) is 0 Å². The smallest absolute Gasteiger partial charge is 0.244 e. The highest BCUT2D eigenvalue weighted by Gasteiger charge is 2.23. The lowest BCUT2D eigenvalue weighted by atomic mass is 10.2. The van der Waals surface area contributed by atoms with Gasteiger partial charge in [0.2, 0.25) is 11.7 Å². The molecular weight excluding hydrogens is 347 g/mol. The molecule has 3 rings (SSSR count). The number of nitrogens with zero attached hydrogens (tertiary/aromatic N) is 3. The van der Waals surface area contributed by atoms with Crippen LogP contribution in [0.1, 0.15) is 18.9 Å². The first kappa shape index (κ1) is 19.2. The van der Waals surface area contributed by atoms with Gasteiger partial charge in [-0.1, -0.05) is 16.8 Å². The Morgan fingerprint density at radius 1 is 1.18 bits per heavy atom. The lowest BCUT2D eigenvalue weighted by molar-refractivity contribution is 0.154. The molecule has 1 aliphatic heterocycles. The Bertz CT molecular complexity index is 570. The Morgan fingerprint density at radius 2 is 1.82 bits per heavy atom. The topological polar surface area (TPSA) is 54.2 Å². The van der Waals surface area contributed by atoms with Crippen molar-refractivity contribution in [3.05, 3.63) is 35.2 Å². The van der Waals surface area contributed by atoms with Gasteiger partial charge in [-0.3, -0.25) is 4.90 Å². The highest BCUT2D eigenvalue weighted by atomic mass is 35.5. The van der Waals surface area contributed by atoms with E-state index in [0.717, 1.165) is 31.7 Å². The number of halogens is 3. The molecular formula is C14H19Cl3N4O. The van der Waals surface area contributed by atoms with Crippen LogP contribution in [0.4, 0.5) is 0 Å². The third-order valence-corrected chi connectivity index (χ3v) is 3.85. The zero-order chi connectivity index (χ0) is 13.9. The molecule has 122 valence electrons. The third kappa shape index (κ3) is 4.33. The van der Waals surface area contributed by atoms with E-state index < -0.39 is 0 Å². The molecule has 1 saturated heterocycles. The summed E-state index contributed by atoms with van der Waals surface area (Å²) in [5.41, 5.74) is 0.914. The largest absolute Gasteiger partial charge is 0.337 e. The molecule has 0 bridgehead atoms. The summed E-state index contributed by atoms with van der Waals surface area (Å²) < 4.78 is 5.41. The van der Waals surface area contributed by atoms with Crippen LogP contribution in [0.25, 0.3) is 11.4 Å². The molecule has 0 aliphatic carbocycles. The fourth-order valence-corrected chi connectivity index (χ4v) is 2.47. The van der Waals surface area contributed by atoms with Crippen LogP contribution in [0, 0.1) is 0 Å². The van der Waals surface area contributed by atoms with Crippen molar-refractivity contribution < 1.29 is 4.52 Å². The van der Waals surface area contributed by atoms with Gasteiger partial charge >= 0.3 is 0 Å². The van der Waals surface area contributed by atoms with Crippen molar-refractivity contribution in [3.63, 3.8) is 0 Å². The molecule has 8 heteroatoms. The Morgan fingerprint density at radius 3 is 2.45 bits per heavy atom. The Labute approximate surface area is 147 Å². The molecule has 1 fully saturated rings. The number of rotatable bonds is 3. The SMILES string of the molecule is CC(c1nc(-c2ccc(Cl)cc2)no1)N1CCNCC1.Cl.Cl. The summed E-state index contributed by atoms with van der Waals surface area (Å²) >= 11 is 5.88. The molecule has 0 radical (unpaired) electrons. The fraction of sp³-hybridized carbons (Fsp3) is 0.429. The van der Waals surface area contributed by atoms with Crippen LogP contribution in [-0.4, -0.2) is 41.2 Å². The van der Waals surface area contributed by atoms with E-state index in [9.17, 15) is 0 Å². The second-order valence-electron chi connectivity index (χ2n) is 4.93. The van der Waals surface area contributed by atoms with Gasteiger partial charge in [0.25, 0.3) is 0 Å². The van der Waals surface area contributed by atoms with Crippen LogP contribution < -0.4 is 5.32 Å². The number of piperazine rings is 1. The quantitative estimate of drug-likeness (QED) is 0.905. The van der Waals surface area contributed by atoms with Gasteiger partial charge in [-0.15, -0.1) is 24.8 Å². The van der Waals surface area contributed by atoms with Gasteiger partial charge in [0.15, 0.2) is 0 Å². The molecule has 0 amide bonds. The van der Waals surface area contributed by atoms with Gasteiger partial charge in [-0.05, 0) is 31.2 Å². The lowest BCUT2D eigenvalue weighted by Gasteiger charge is -2.30. The first-order chi connectivity index (χ1) is 9.74. The van der Waals surface area contributed by atoms with Crippen LogP contribution in [0.2, 0.25) is 5.02 Å². The van der Waals surface area contributed by atoms with Crippen molar-refractivity contribution in [2.45, 2.75) is 13.0 Å². The minimum absolute atomic E-state index is 0. The molecule has 5 nitrogen and oxygen atoms in total. The maximum absolute atomic E-state index is 5.88. The normalized spacial score (nSPS) is 16.5. The molecule has 0 saturated carbocycles. The van der Waals surface area contributed by atoms with Crippen molar-refractivity contribution in [2.24, 2.45) is 0 Å². The summed E-state index contributed by atoms with van der Waals surface area (Å²) in [6.07, 6.45) is 0. The van der Waals surface area contributed by atoms with Gasteiger partial charge in [-0.25, -0.2) is 0 Å². The van der Waals surface area contributed by atoms with Gasteiger partial charge in [-0.2, -0.15) is 4.98 Å². The predicted octanol–water partition coefficient (Wildman–Crippen LogP) is 3.20. The molecule has 2 heterocycles. The van der Waals surface area contributed by atoms with E-state index in [2.05, 4.69) is 27.3 Å². The number of aromatic nitrogens is 2. The minimum atomic E-state index is 0. The summed E-state index contributed by atoms with van der Waals surface area (Å²) in [6.45, 7) is 6.11. The van der Waals surface area contributed by atoms with Crippen molar-refractivity contribution in [1.29, 1.82) is 0 Å². The maximum Gasteiger partial charge on any atom is 0.244 e. The molecule has 0 spiro atoms. The minimum Gasteiger partial charge on any atom is -0.337 e. The van der Waals surface area contributed by atoms with Gasteiger partial charge in [0.05, 0.1) is 6.04 Å². The molecule has 1 aliphatic rings. The molecule has 1 unspecified atom stereocenters. The lowest BCUT2D eigenvalue weighted by Crippen LogP contribution is -2.44. The molecule has 2 aromatic rings. The molecule has 1 aromatic heterocycles. The summed E-state index contributed by atoms with van der Waals surface area (Å²) in [5.74, 6) is 1.27. The molecule has 22 heavy (non-hydrogen) atoms. The van der Waals surface area contributed by atoms with Crippen molar-refractivity contribution >= 4 is 36.4 Å². The maximum atomic E-state index is 5.88. The van der Waals surface area contributed by atoms with Crippen molar-refractivity contribution in [2.75, 3.05) is 26.2 Å². The Balaban J connectivity index is 0.00000121. The molecule has 1 aromatic carbocycles. The van der Waals surface area contributed by atoms with Gasteiger partial charge in [0.1, 0.15) is 0 Å². The highest BCUT2D eigenvalue weighted by molar-refractivity contribution is 6.30. The standard InChI is InChI=1S/C14H17ClN4O.2ClH/c1-10(19-8-6-16-7-9-19)14-17-13(18-20-14)11-2-4-12(15)5-3-11;;/h2-5,10,16H,6-9H2,1H3;2*1H. The summed E-state index contributed by atoms with van der Waals surface area (Å²) in [4.78, 5) is 6.85. The van der Waals surface area contributed by atoms with Crippen LogP contribution in [-0.2, 0) is 0 Å². The Hall–Kier alpha value is -0.850. The predicted molar refractivity (Wildman–Crippen MR) is 92.1 cm³/mol. The van der Waals surface area contributed by atoms with E-state index in [1.807, 2.05) is 24.3 Å². The number of nitrogens with one attached hydrogen (secondary N) is 1. The fourth-order valence-electron chi connectivity index (χ4n) is 2.35. The van der Waals surface area contributed by atoms with Crippen molar-refractivity contribution in [1.82, 2.24) is 20.4 Å². The second-order valence-corrected chi connectivity index (χ2v) is 5.36. The monoisotopic (exact) mass is 364 g/mol. The van der Waals surface area contributed by atoms with Crippen molar-refractivity contribution in [3.8, 4) is 11.4 Å². The highest BCUT2D eigenvalue weighted by Crippen LogP contribution is 2.23. The van der Waals surface area contributed by atoms with Gasteiger partial charge < -0.3 is 9.84 Å². The van der Waals surface area contributed by atoms with E-state index in [1.54, 1.807) is 0 Å². The van der Waals surface area contributed by atoms with Crippen LogP contribution in [0.5, 0.6) is 0 Å². The van der Waals surface area contributed by atoms with E-state index in [4.69, 9.17) is 16.1 Å². The zero-order valence-corrected chi connectivity index (χ0v) is 14.5. The molecule has 1 N–H and O–H groups in total.